The van der Waals surface area contributed by atoms with Crippen molar-refractivity contribution < 1.29 is 4.74 Å². The molecule has 0 aliphatic carbocycles. The van der Waals surface area contributed by atoms with Crippen LogP contribution in [-0.4, -0.2) is 14.8 Å². The third-order valence-electron chi connectivity index (χ3n) is 3.36. The highest BCUT2D eigenvalue weighted by molar-refractivity contribution is 7.15. The lowest BCUT2D eigenvalue weighted by molar-refractivity contribution is 0.305. The Bertz CT molecular complexity index is 782. The molecule has 0 bridgehead atoms. The number of rotatable bonds is 6. The van der Waals surface area contributed by atoms with Crippen LogP contribution in [-0.2, 0) is 20.2 Å². The van der Waals surface area contributed by atoms with Gasteiger partial charge in [0.15, 0.2) is 4.47 Å². The molecule has 0 fully saturated rings. The Labute approximate surface area is 143 Å². The average molecular weight is 349 g/mol. The summed E-state index contributed by atoms with van der Waals surface area (Å²) in [6, 6.07) is 7.89. The van der Waals surface area contributed by atoms with E-state index in [2.05, 4.69) is 15.4 Å². The summed E-state index contributed by atoms with van der Waals surface area (Å²) >= 11 is 7.30. The maximum absolute atomic E-state index is 5.82. The van der Waals surface area contributed by atoms with Crippen molar-refractivity contribution in [2.24, 2.45) is 7.05 Å². The van der Waals surface area contributed by atoms with Crippen LogP contribution in [0.2, 0.25) is 4.47 Å². The topological polar surface area (TPSA) is 52.0 Å². The zero-order chi connectivity index (χ0) is 16.2. The van der Waals surface area contributed by atoms with Gasteiger partial charge in [-0.15, -0.1) is 11.3 Å². The Balaban J connectivity index is 1.53. The molecule has 0 unspecified atom stereocenters. The zero-order valence-corrected chi connectivity index (χ0v) is 14.5. The Morgan fingerprint density at radius 1 is 1.30 bits per heavy atom. The van der Waals surface area contributed by atoms with E-state index in [1.165, 1.54) is 11.3 Å². The molecule has 0 aliphatic rings. The number of nitrogens with one attached hydrogen (secondary N) is 1. The van der Waals surface area contributed by atoms with E-state index in [1.807, 2.05) is 44.4 Å². The van der Waals surface area contributed by atoms with Crippen molar-refractivity contribution in [3.8, 4) is 5.75 Å². The highest BCUT2D eigenvalue weighted by atomic mass is 35.5. The number of anilines is 1. The molecule has 1 N–H and O–H groups in total. The van der Waals surface area contributed by atoms with Gasteiger partial charge in [-0.1, -0.05) is 11.6 Å². The molecular formula is C16H17ClN4OS. The zero-order valence-electron chi connectivity index (χ0n) is 12.9. The van der Waals surface area contributed by atoms with Crippen LogP contribution >= 0.6 is 22.9 Å². The van der Waals surface area contributed by atoms with Crippen LogP contribution < -0.4 is 10.1 Å². The van der Waals surface area contributed by atoms with Gasteiger partial charge in [-0.3, -0.25) is 4.68 Å². The summed E-state index contributed by atoms with van der Waals surface area (Å²) in [6.45, 7) is 3.21. The predicted molar refractivity (Wildman–Crippen MR) is 93.2 cm³/mol. The minimum Gasteiger partial charge on any atom is -0.489 e. The largest absolute Gasteiger partial charge is 0.489 e. The lowest BCUT2D eigenvalue weighted by Crippen LogP contribution is -1.98. The number of hydrogen-bond donors (Lipinski definition) is 1. The maximum atomic E-state index is 5.82. The molecule has 2 aromatic heterocycles. The molecule has 1 aromatic carbocycles. The van der Waals surface area contributed by atoms with E-state index < -0.39 is 0 Å². The van der Waals surface area contributed by atoms with Crippen molar-refractivity contribution in [2.45, 2.75) is 20.1 Å². The van der Waals surface area contributed by atoms with Gasteiger partial charge in [-0.25, -0.2) is 4.98 Å². The van der Waals surface area contributed by atoms with Gasteiger partial charge in [-0.05, 0) is 31.2 Å². The molecule has 0 radical (unpaired) electrons. The van der Waals surface area contributed by atoms with Crippen LogP contribution in [0, 0.1) is 6.92 Å². The molecule has 0 amide bonds. The fourth-order valence-corrected chi connectivity index (χ4v) is 3.09. The highest BCUT2D eigenvalue weighted by Crippen LogP contribution is 2.21. The quantitative estimate of drug-likeness (QED) is 0.730. The van der Waals surface area contributed by atoms with Gasteiger partial charge in [0.05, 0.1) is 12.2 Å². The number of nitrogens with zero attached hydrogens (tertiary/aromatic N) is 3. The third kappa shape index (κ3) is 4.24. The Hall–Kier alpha value is -2.05. The van der Waals surface area contributed by atoms with Crippen LogP contribution in [0.3, 0.4) is 0 Å². The molecule has 0 saturated carbocycles. The van der Waals surface area contributed by atoms with Crippen molar-refractivity contribution >= 4 is 28.6 Å². The standard InChI is InChI=1S/C16H17ClN4OS/c1-11-12(9-21(2)20-11)10-22-14-5-3-13(4-6-14)18-7-15-8-19-16(17)23-15/h3-6,8-9,18H,7,10H2,1-2H3. The number of aromatic nitrogens is 3. The molecule has 5 nitrogen and oxygen atoms in total. The maximum Gasteiger partial charge on any atom is 0.183 e. The molecule has 0 spiro atoms. The van der Waals surface area contributed by atoms with Gasteiger partial charge < -0.3 is 10.1 Å². The van der Waals surface area contributed by atoms with Gasteiger partial charge in [-0.2, -0.15) is 5.10 Å². The molecule has 3 rings (SSSR count). The van der Waals surface area contributed by atoms with E-state index >= 15 is 0 Å². The summed E-state index contributed by atoms with van der Waals surface area (Å²) in [5.41, 5.74) is 3.12. The summed E-state index contributed by atoms with van der Waals surface area (Å²) in [7, 11) is 1.91. The molecule has 0 aliphatic heterocycles. The number of thiazole rings is 1. The van der Waals surface area contributed by atoms with Crippen LogP contribution in [0.4, 0.5) is 5.69 Å². The minimum absolute atomic E-state index is 0.520. The smallest absolute Gasteiger partial charge is 0.183 e. The van der Waals surface area contributed by atoms with Crippen LogP contribution in [0.25, 0.3) is 0 Å². The first-order valence-corrected chi connectivity index (χ1v) is 8.35. The van der Waals surface area contributed by atoms with Crippen LogP contribution in [0.15, 0.2) is 36.7 Å². The first-order valence-electron chi connectivity index (χ1n) is 7.16. The van der Waals surface area contributed by atoms with Crippen molar-refractivity contribution in [2.75, 3.05) is 5.32 Å². The Kier molecular flexibility index (Phi) is 4.83. The summed E-state index contributed by atoms with van der Waals surface area (Å²) in [5, 5.41) is 7.64. The number of benzene rings is 1. The molecule has 0 saturated heterocycles. The monoisotopic (exact) mass is 348 g/mol. The van der Waals surface area contributed by atoms with E-state index in [0.717, 1.165) is 27.6 Å². The van der Waals surface area contributed by atoms with Gasteiger partial charge in [0.1, 0.15) is 12.4 Å². The summed E-state index contributed by atoms with van der Waals surface area (Å²) in [5.74, 6) is 0.833. The summed E-state index contributed by atoms with van der Waals surface area (Å²) in [6.07, 6.45) is 3.76. The number of aryl methyl sites for hydroxylation is 2. The van der Waals surface area contributed by atoms with Crippen molar-refractivity contribution in [1.82, 2.24) is 14.8 Å². The highest BCUT2D eigenvalue weighted by Gasteiger charge is 2.04. The minimum atomic E-state index is 0.520. The molecule has 3 aromatic rings. The lowest BCUT2D eigenvalue weighted by atomic mass is 10.2. The van der Waals surface area contributed by atoms with Gasteiger partial charge in [0.25, 0.3) is 0 Å². The fourth-order valence-electron chi connectivity index (χ4n) is 2.17. The first-order chi connectivity index (χ1) is 11.1. The van der Waals surface area contributed by atoms with Gasteiger partial charge >= 0.3 is 0 Å². The normalized spacial score (nSPS) is 10.7. The first kappa shape index (κ1) is 15.8. The second-order valence-corrected chi connectivity index (χ2v) is 6.86. The lowest BCUT2D eigenvalue weighted by Gasteiger charge is -2.08. The second kappa shape index (κ2) is 7.02. The summed E-state index contributed by atoms with van der Waals surface area (Å²) < 4.78 is 8.17. The predicted octanol–water partition coefficient (Wildman–Crippen LogP) is 4.03. The summed E-state index contributed by atoms with van der Waals surface area (Å²) in [4.78, 5) is 5.12. The second-order valence-electron chi connectivity index (χ2n) is 5.16. The fraction of sp³-hybridized carbons (Fsp3) is 0.250. The molecule has 23 heavy (non-hydrogen) atoms. The van der Waals surface area contributed by atoms with Crippen molar-refractivity contribution in [1.29, 1.82) is 0 Å². The van der Waals surface area contributed by atoms with E-state index in [9.17, 15) is 0 Å². The van der Waals surface area contributed by atoms with E-state index in [1.54, 1.807) is 10.9 Å². The number of ether oxygens (including phenoxy) is 1. The Morgan fingerprint density at radius 2 is 2.09 bits per heavy atom. The molecule has 7 heteroatoms. The van der Waals surface area contributed by atoms with Gasteiger partial charge in [0, 0.05) is 35.6 Å². The van der Waals surface area contributed by atoms with Crippen molar-refractivity contribution in [3.05, 3.63) is 57.3 Å². The van der Waals surface area contributed by atoms with E-state index in [4.69, 9.17) is 16.3 Å². The van der Waals surface area contributed by atoms with Crippen LogP contribution in [0.1, 0.15) is 16.1 Å². The third-order valence-corrected chi connectivity index (χ3v) is 4.47. The van der Waals surface area contributed by atoms with E-state index in [0.29, 0.717) is 17.6 Å². The SMILES string of the molecule is Cc1nn(C)cc1COc1ccc(NCc2cnc(Cl)s2)cc1. The molecule has 2 heterocycles. The Morgan fingerprint density at radius 3 is 2.70 bits per heavy atom. The molecule has 0 atom stereocenters. The molecular weight excluding hydrogens is 332 g/mol. The molecule has 120 valence electrons. The van der Waals surface area contributed by atoms with E-state index in [-0.39, 0.29) is 0 Å². The number of halogens is 1. The van der Waals surface area contributed by atoms with Crippen LogP contribution in [0.5, 0.6) is 5.75 Å². The van der Waals surface area contributed by atoms with Gasteiger partial charge in [0.2, 0.25) is 0 Å². The average Bonchev–Trinajstić information content (AvgIpc) is 3.09. The van der Waals surface area contributed by atoms with Crippen molar-refractivity contribution in [3.63, 3.8) is 0 Å². The number of hydrogen-bond acceptors (Lipinski definition) is 5.